The zero-order valence-electron chi connectivity index (χ0n) is 16.5. The molecule has 0 aromatic carbocycles. The Hall–Kier alpha value is -1.10. The first-order valence-corrected chi connectivity index (χ1v) is 10.1. The third-order valence-corrected chi connectivity index (χ3v) is 5.32. The predicted molar refractivity (Wildman–Crippen MR) is 103 cm³/mol. The normalized spacial score (nSPS) is 20.6. The quantitative estimate of drug-likeness (QED) is 0.709. The largest absolute Gasteiger partial charge is 0.468 e. The van der Waals surface area contributed by atoms with Gasteiger partial charge in [-0.05, 0) is 58.3 Å². The summed E-state index contributed by atoms with van der Waals surface area (Å²) in [7, 11) is 0. The molecule has 0 aliphatic heterocycles. The third kappa shape index (κ3) is 12.9. The summed E-state index contributed by atoms with van der Waals surface area (Å²) >= 11 is 0. The van der Waals surface area contributed by atoms with Gasteiger partial charge < -0.3 is 15.8 Å². The average Bonchev–Trinajstić information content (AvgIpc) is 2.65. The lowest BCUT2D eigenvalue weighted by Gasteiger charge is -2.26. The van der Waals surface area contributed by atoms with E-state index in [1.165, 1.54) is 64.2 Å². The summed E-state index contributed by atoms with van der Waals surface area (Å²) in [4.78, 5) is 19.3. The van der Waals surface area contributed by atoms with Crippen molar-refractivity contribution >= 4 is 12.9 Å². The standard InChI is InChI=1S/C9H17NO.C8H17N.C3H6O2/c1-8(10-7-11)9-5-3-2-4-6-9;1-7(9)8-5-3-2-4-6-8;1-2-5-3-4/h7-9H,2-6H2,1H3,(H,10,11);7-8H,2-6,9H2,1H3;3H,2H2,1H3/t8-;7-;/m11./s1. The first kappa shape index (κ1) is 23.9. The number of carbonyl (C=O) groups is 2. The van der Waals surface area contributed by atoms with E-state index in [9.17, 15) is 9.59 Å². The molecule has 0 saturated heterocycles. The Kier molecular flexibility index (Phi) is 15.7. The summed E-state index contributed by atoms with van der Waals surface area (Å²) in [6, 6.07) is 0.818. The van der Waals surface area contributed by atoms with Crippen LogP contribution in [0, 0.1) is 11.8 Å². The molecule has 2 rings (SSSR count). The molecule has 5 heteroatoms. The second-order valence-electron chi connectivity index (χ2n) is 7.28. The van der Waals surface area contributed by atoms with Crippen molar-refractivity contribution in [1.29, 1.82) is 0 Å². The molecule has 25 heavy (non-hydrogen) atoms. The highest BCUT2D eigenvalue weighted by Gasteiger charge is 2.18. The molecule has 0 unspecified atom stereocenters. The van der Waals surface area contributed by atoms with Gasteiger partial charge in [0.25, 0.3) is 6.47 Å². The van der Waals surface area contributed by atoms with Crippen molar-refractivity contribution in [2.75, 3.05) is 6.61 Å². The molecule has 0 bridgehead atoms. The molecule has 148 valence electrons. The minimum Gasteiger partial charge on any atom is -0.468 e. The molecule has 5 nitrogen and oxygen atoms in total. The average molecular weight is 357 g/mol. The van der Waals surface area contributed by atoms with Gasteiger partial charge in [0.1, 0.15) is 0 Å². The SMILES string of the molecule is CCOC=O.C[C@@H](N)C1CCCCC1.C[C@@H](NC=O)C1CCCCC1. The highest BCUT2D eigenvalue weighted by Crippen LogP contribution is 2.26. The van der Waals surface area contributed by atoms with Gasteiger partial charge in [-0.1, -0.05) is 38.5 Å². The number of ether oxygens (including phenoxy) is 1. The molecular weight excluding hydrogens is 316 g/mol. The Balaban J connectivity index is 0.000000372. The lowest BCUT2D eigenvalue weighted by Crippen LogP contribution is -2.33. The molecule has 2 aliphatic carbocycles. The molecule has 2 aliphatic rings. The van der Waals surface area contributed by atoms with Gasteiger partial charge in [0.05, 0.1) is 6.61 Å². The van der Waals surface area contributed by atoms with E-state index in [0.29, 0.717) is 25.2 Å². The number of amides is 1. The summed E-state index contributed by atoms with van der Waals surface area (Å²) < 4.78 is 4.15. The molecule has 2 atom stereocenters. The van der Waals surface area contributed by atoms with Crippen molar-refractivity contribution in [3.05, 3.63) is 0 Å². The van der Waals surface area contributed by atoms with Crippen LogP contribution in [0.25, 0.3) is 0 Å². The maximum atomic E-state index is 10.1. The van der Waals surface area contributed by atoms with Gasteiger partial charge in [-0.2, -0.15) is 0 Å². The number of hydrogen-bond acceptors (Lipinski definition) is 4. The van der Waals surface area contributed by atoms with Crippen LogP contribution >= 0.6 is 0 Å². The van der Waals surface area contributed by atoms with Gasteiger partial charge in [0.2, 0.25) is 6.41 Å². The first-order chi connectivity index (χ1) is 12.1. The van der Waals surface area contributed by atoms with E-state index in [1.807, 2.05) is 0 Å². The lowest BCUT2D eigenvalue weighted by atomic mass is 9.85. The number of nitrogens with one attached hydrogen (secondary N) is 1. The zero-order chi connectivity index (χ0) is 18.9. The molecule has 0 heterocycles. The van der Waals surface area contributed by atoms with Gasteiger partial charge in [0, 0.05) is 12.1 Å². The van der Waals surface area contributed by atoms with Crippen LogP contribution in [-0.4, -0.2) is 31.6 Å². The van der Waals surface area contributed by atoms with Crippen LogP contribution in [0.3, 0.4) is 0 Å². The van der Waals surface area contributed by atoms with Crippen molar-refractivity contribution in [2.24, 2.45) is 17.6 Å². The van der Waals surface area contributed by atoms with Gasteiger partial charge in [0.15, 0.2) is 0 Å². The van der Waals surface area contributed by atoms with Gasteiger partial charge in [-0.25, -0.2) is 0 Å². The molecule has 0 radical (unpaired) electrons. The Morgan fingerprint density at radius 1 is 0.960 bits per heavy atom. The lowest BCUT2D eigenvalue weighted by molar-refractivity contribution is -0.128. The van der Waals surface area contributed by atoms with Crippen molar-refractivity contribution in [3.8, 4) is 0 Å². The van der Waals surface area contributed by atoms with Crippen LogP contribution in [0.2, 0.25) is 0 Å². The van der Waals surface area contributed by atoms with Crippen LogP contribution in [0.15, 0.2) is 0 Å². The van der Waals surface area contributed by atoms with Crippen molar-refractivity contribution in [2.45, 2.75) is 97.1 Å². The van der Waals surface area contributed by atoms with E-state index in [1.54, 1.807) is 6.92 Å². The van der Waals surface area contributed by atoms with Crippen molar-refractivity contribution in [1.82, 2.24) is 5.32 Å². The first-order valence-electron chi connectivity index (χ1n) is 10.1. The van der Waals surface area contributed by atoms with E-state index < -0.39 is 0 Å². The fourth-order valence-electron chi connectivity index (χ4n) is 3.61. The fourth-order valence-corrected chi connectivity index (χ4v) is 3.61. The minimum atomic E-state index is 0.382. The number of carbonyl (C=O) groups excluding carboxylic acids is 2. The minimum absolute atomic E-state index is 0.382. The summed E-state index contributed by atoms with van der Waals surface area (Å²) in [5, 5.41) is 2.83. The highest BCUT2D eigenvalue weighted by atomic mass is 16.5. The molecule has 0 aromatic rings. The third-order valence-electron chi connectivity index (χ3n) is 5.32. The Labute approximate surface area is 154 Å². The number of nitrogens with two attached hydrogens (primary N) is 1. The van der Waals surface area contributed by atoms with Crippen LogP contribution in [0.4, 0.5) is 0 Å². The topological polar surface area (TPSA) is 81.4 Å². The van der Waals surface area contributed by atoms with E-state index in [4.69, 9.17) is 5.73 Å². The molecule has 0 spiro atoms. The van der Waals surface area contributed by atoms with Gasteiger partial charge >= 0.3 is 0 Å². The zero-order valence-corrected chi connectivity index (χ0v) is 16.5. The van der Waals surface area contributed by atoms with E-state index in [0.717, 1.165) is 18.2 Å². The fraction of sp³-hybridized carbons (Fsp3) is 0.900. The Morgan fingerprint density at radius 3 is 1.72 bits per heavy atom. The highest BCUT2D eigenvalue weighted by molar-refractivity contribution is 5.46. The summed E-state index contributed by atoms with van der Waals surface area (Å²) in [6.07, 6.45) is 14.5. The van der Waals surface area contributed by atoms with Crippen LogP contribution in [0.5, 0.6) is 0 Å². The van der Waals surface area contributed by atoms with E-state index >= 15 is 0 Å². The number of hydrogen-bond donors (Lipinski definition) is 2. The van der Waals surface area contributed by atoms with E-state index in [-0.39, 0.29) is 0 Å². The smallest absolute Gasteiger partial charge is 0.293 e. The molecule has 3 N–H and O–H groups in total. The second kappa shape index (κ2) is 16.4. The number of rotatable bonds is 6. The predicted octanol–water partition coefficient (Wildman–Crippen LogP) is 3.79. The monoisotopic (exact) mass is 356 g/mol. The summed E-state index contributed by atoms with van der Waals surface area (Å²) in [5.41, 5.74) is 5.77. The van der Waals surface area contributed by atoms with Crippen LogP contribution in [0.1, 0.15) is 85.0 Å². The van der Waals surface area contributed by atoms with Crippen molar-refractivity contribution < 1.29 is 14.3 Å². The molecule has 2 saturated carbocycles. The molecule has 1 amide bonds. The van der Waals surface area contributed by atoms with Gasteiger partial charge in [-0.15, -0.1) is 0 Å². The van der Waals surface area contributed by atoms with Crippen molar-refractivity contribution in [3.63, 3.8) is 0 Å². The molecule has 2 fully saturated rings. The Bertz CT molecular complexity index is 312. The molecular formula is C20H40N2O3. The van der Waals surface area contributed by atoms with Crippen LogP contribution < -0.4 is 11.1 Å². The summed E-state index contributed by atoms with van der Waals surface area (Å²) in [6.45, 7) is 6.90. The maximum Gasteiger partial charge on any atom is 0.293 e. The van der Waals surface area contributed by atoms with Crippen LogP contribution in [-0.2, 0) is 14.3 Å². The summed E-state index contributed by atoms with van der Waals surface area (Å²) in [5.74, 6) is 1.56. The second-order valence-corrected chi connectivity index (χ2v) is 7.28. The molecule has 0 aromatic heterocycles. The Morgan fingerprint density at radius 2 is 1.44 bits per heavy atom. The maximum absolute atomic E-state index is 10.1. The van der Waals surface area contributed by atoms with Gasteiger partial charge in [-0.3, -0.25) is 9.59 Å². The van der Waals surface area contributed by atoms with E-state index in [2.05, 4.69) is 23.9 Å².